The van der Waals surface area contributed by atoms with E-state index in [1.54, 1.807) is 11.1 Å². The van der Waals surface area contributed by atoms with E-state index in [0.29, 0.717) is 5.92 Å². The van der Waals surface area contributed by atoms with Gasteiger partial charge in [0, 0.05) is 12.5 Å². The average molecular weight is 354 g/mol. The van der Waals surface area contributed by atoms with Gasteiger partial charge in [0.25, 0.3) is 0 Å². The molecule has 0 spiro atoms. The Morgan fingerprint density at radius 2 is 2.08 bits per heavy atom. The highest BCUT2D eigenvalue weighted by Crippen LogP contribution is 2.54. The molecule has 2 aliphatic carbocycles. The predicted octanol–water partition coefficient (Wildman–Crippen LogP) is 4.28. The summed E-state index contributed by atoms with van der Waals surface area (Å²) in [5.74, 6) is 0.401. The number of esters is 1. The van der Waals surface area contributed by atoms with Crippen molar-refractivity contribution in [1.82, 2.24) is 5.32 Å². The van der Waals surface area contributed by atoms with E-state index in [1.165, 1.54) is 24.8 Å². The number of fused-ring (bicyclic) bond motifs is 2. The second-order valence-corrected chi connectivity index (χ2v) is 8.77. The Balaban J connectivity index is 1.38. The molecule has 1 aliphatic heterocycles. The molecule has 4 unspecified atom stereocenters. The maximum Gasteiger partial charge on any atom is 0.310 e. The zero-order valence-corrected chi connectivity index (χ0v) is 16.1. The van der Waals surface area contributed by atoms with Crippen molar-refractivity contribution >= 4 is 5.97 Å². The Bertz CT molecular complexity index is 695. The van der Waals surface area contributed by atoms with Crippen LogP contribution < -0.4 is 5.32 Å². The van der Waals surface area contributed by atoms with Crippen LogP contribution in [0.2, 0.25) is 0 Å². The minimum absolute atomic E-state index is 0.0162. The van der Waals surface area contributed by atoms with Crippen LogP contribution in [0.5, 0.6) is 0 Å². The third kappa shape index (κ3) is 3.34. The summed E-state index contributed by atoms with van der Waals surface area (Å²) in [7, 11) is 0. The normalized spacial score (nSPS) is 33.6. The number of allylic oxidation sites excluding steroid dienone is 2. The second-order valence-electron chi connectivity index (χ2n) is 8.77. The van der Waals surface area contributed by atoms with Gasteiger partial charge >= 0.3 is 5.97 Å². The molecular weight excluding hydrogens is 322 g/mol. The summed E-state index contributed by atoms with van der Waals surface area (Å²) in [6.07, 6.45) is 6.97. The molecule has 26 heavy (non-hydrogen) atoms. The van der Waals surface area contributed by atoms with Crippen LogP contribution in [0, 0.1) is 17.3 Å². The molecule has 4 atom stereocenters. The van der Waals surface area contributed by atoms with Crippen LogP contribution in [0.4, 0.5) is 0 Å². The molecule has 0 aromatic heterocycles. The summed E-state index contributed by atoms with van der Waals surface area (Å²) in [6.45, 7) is 6.35. The first-order valence-corrected chi connectivity index (χ1v) is 10.2. The lowest BCUT2D eigenvalue weighted by atomic mass is 9.59. The monoisotopic (exact) mass is 353 g/mol. The molecule has 1 saturated heterocycles. The number of ether oxygens (including phenoxy) is 1. The predicted molar refractivity (Wildman–Crippen MR) is 104 cm³/mol. The molecule has 140 valence electrons. The zero-order chi connectivity index (χ0) is 18.1. The van der Waals surface area contributed by atoms with E-state index in [1.807, 2.05) is 6.07 Å². The number of carbonyl (C=O) groups is 1. The Kier molecular flexibility index (Phi) is 4.92. The average Bonchev–Trinajstić information content (AvgIpc) is 2.92. The fraction of sp³-hybridized carbons (Fsp3) is 0.609. The molecule has 2 fully saturated rings. The number of carbonyl (C=O) groups excluding carboxylic acids is 1. The third-order valence-electron chi connectivity index (χ3n) is 6.98. The Hall–Kier alpha value is -1.61. The molecule has 0 bridgehead atoms. The van der Waals surface area contributed by atoms with Gasteiger partial charge < -0.3 is 10.1 Å². The smallest absolute Gasteiger partial charge is 0.310 e. The number of hydrogen-bond acceptors (Lipinski definition) is 3. The summed E-state index contributed by atoms with van der Waals surface area (Å²) in [6, 6.07) is 10.5. The van der Waals surface area contributed by atoms with Crippen LogP contribution in [-0.4, -0.2) is 25.2 Å². The maximum absolute atomic E-state index is 12.5. The van der Waals surface area contributed by atoms with Crippen LogP contribution in [-0.2, 0) is 16.0 Å². The summed E-state index contributed by atoms with van der Waals surface area (Å²) in [5.41, 5.74) is 4.81. The van der Waals surface area contributed by atoms with Crippen molar-refractivity contribution in [3.63, 3.8) is 0 Å². The Morgan fingerprint density at radius 1 is 1.27 bits per heavy atom. The third-order valence-corrected chi connectivity index (χ3v) is 6.98. The van der Waals surface area contributed by atoms with Crippen molar-refractivity contribution in [3.05, 3.63) is 47.0 Å². The molecule has 0 amide bonds. The minimum atomic E-state index is 0.0162. The highest BCUT2D eigenvalue weighted by Gasteiger charge is 2.52. The van der Waals surface area contributed by atoms with Gasteiger partial charge in [0.1, 0.15) is 6.10 Å². The van der Waals surface area contributed by atoms with Crippen LogP contribution in [0.1, 0.15) is 51.5 Å². The van der Waals surface area contributed by atoms with E-state index in [4.69, 9.17) is 4.74 Å². The van der Waals surface area contributed by atoms with Crippen molar-refractivity contribution < 1.29 is 9.53 Å². The molecule has 1 heterocycles. The lowest BCUT2D eigenvalue weighted by molar-refractivity contribution is -0.145. The molecule has 4 rings (SSSR count). The quantitative estimate of drug-likeness (QED) is 0.488. The van der Waals surface area contributed by atoms with Gasteiger partial charge in [-0.15, -0.1) is 0 Å². The van der Waals surface area contributed by atoms with Gasteiger partial charge in [-0.05, 0) is 63.0 Å². The molecule has 1 aromatic rings. The SMILES string of the molecule is CC1=C2CC3C(CC2(C)CCC1)OC(=O)C3CNCCc1ccccc1. The highest BCUT2D eigenvalue weighted by atomic mass is 16.6. The van der Waals surface area contributed by atoms with Crippen LogP contribution in [0.15, 0.2) is 41.5 Å². The Morgan fingerprint density at radius 3 is 2.88 bits per heavy atom. The van der Waals surface area contributed by atoms with Crippen LogP contribution >= 0.6 is 0 Å². The lowest BCUT2D eigenvalue weighted by Crippen LogP contribution is -2.40. The molecule has 1 N–H and O–H groups in total. The maximum atomic E-state index is 12.5. The molecule has 0 radical (unpaired) electrons. The van der Waals surface area contributed by atoms with Crippen LogP contribution in [0.25, 0.3) is 0 Å². The first-order chi connectivity index (χ1) is 12.6. The number of hydrogen-bond donors (Lipinski definition) is 1. The van der Waals surface area contributed by atoms with Gasteiger partial charge in [-0.25, -0.2) is 0 Å². The van der Waals surface area contributed by atoms with Gasteiger partial charge in [-0.3, -0.25) is 4.79 Å². The van der Waals surface area contributed by atoms with E-state index in [2.05, 4.69) is 43.4 Å². The number of benzene rings is 1. The number of nitrogens with one attached hydrogen (secondary N) is 1. The minimum Gasteiger partial charge on any atom is -0.462 e. The van der Waals surface area contributed by atoms with E-state index in [0.717, 1.165) is 32.4 Å². The second kappa shape index (κ2) is 7.19. The summed E-state index contributed by atoms with van der Waals surface area (Å²) in [5, 5.41) is 3.52. The van der Waals surface area contributed by atoms with Crippen molar-refractivity contribution in [2.24, 2.45) is 17.3 Å². The molecular formula is C23H31NO2. The fourth-order valence-electron chi connectivity index (χ4n) is 5.48. The van der Waals surface area contributed by atoms with Crippen LogP contribution in [0.3, 0.4) is 0 Å². The van der Waals surface area contributed by atoms with Gasteiger partial charge in [0.05, 0.1) is 5.92 Å². The molecule has 3 heteroatoms. The van der Waals surface area contributed by atoms with Gasteiger partial charge in [-0.2, -0.15) is 0 Å². The fourth-order valence-corrected chi connectivity index (χ4v) is 5.48. The molecule has 1 saturated carbocycles. The van der Waals surface area contributed by atoms with Crippen molar-refractivity contribution in [3.8, 4) is 0 Å². The topological polar surface area (TPSA) is 38.3 Å². The van der Waals surface area contributed by atoms with Gasteiger partial charge in [-0.1, -0.05) is 48.4 Å². The van der Waals surface area contributed by atoms with Crippen molar-refractivity contribution in [1.29, 1.82) is 0 Å². The largest absolute Gasteiger partial charge is 0.462 e. The van der Waals surface area contributed by atoms with E-state index in [9.17, 15) is 4.79 Å². The standard InChI is InChI=1S/C23H31NO2/c1-16-7-6-11-23(2)14-21-18(13-20(16)23)19(22(25)26-21)15-24-12-10-17-8-4-3-5-9-17/h3-5,8-9,18-19,21,24H,6-7,10-15H2,1-2H3. The first-order valence-electron chi connectivity index (χ1n) is 10.2. The van der Waals surface area contributed by atoms with E-state index in [-0.39, 0.29) is 23.4 Å². The summed E-state index contributed by atoms with van der Waals surface area (Å²) >= 11 is 0. The van der Waals surface area contributed by atoms with Crippen molar-refractivity contribution in [2.75, 3.05) is 13.1 Å². The Labute approximate surface area is 157 Å². The van der Waals surface area contributed by atoms with E-state index < -0.39 is 0 Å². The molecule has 1 aromatic carbocycles. The van der Waals surface area contributed by atoms with Gasteiger partial charge in [0.2, 0.25) is 0 Å². The highest BCUT2D eigenvalue weighted by molar-refractivity contribution is 5.76. The summed E-state index contributed by atoms with van der Waals surface area (Å²) < 4.78 is 5.84. The molecule has 3 aliphatic rings. The molecule has 3 nitrogen and oxygen atoms in total. The van der Waals surface area contributed by atoms with Gasteiger partial charge in [0.15, 0.2) is 0 Å². The number of rotatable bonds is 5. The lowest BCUT2D eigenvalue weighted by Gasteiger charge is -2.45. The first kappa shape index (κ1) is 17.8. The zero-order valence-electron chi connectivity index (χ0n) is 16.1. The van der Waals surface area contributed by atoms with Crippen molar-refractivity contribution in [2.45, 2.75) is 58.5 Å². The summed E-state index contributed by atoms with van der Waals surface area (Å²) in [4.78, 5) is 12.5. The van der Waals surface area contributed by atoms with E-state index >= 15 is 0 Å².